The third-order valence-corrected chi connectivity index (χ3v) is 4.63. The molecule has 1 fully saturated rings. The van der Waals surface area contributed by atoms with Gasteiger partial charge in [-0.3, -0.25) is 9.89 Å². The highest BCUT2D eigenvalue weighted by molar-refractivity contribution is 7.99. The summed E-state index contributed by atoms with van der Waals surface area (Å²) in [5.74, 6) is 0.513. The molecule has 1 N–H and O–H groups in total. The topological polar surface area (TPSA) is 65.1 Å². The first kappa shape index (κ1) is 15.2. The molecule has 0 atom stereocenters. The fourth-order valence-corrected chi connectivity index (χ4v) is 3.24. The van der Waals surface area contributed by atoms with Gasteiger partial charge in [-0.1, -0.05) is 29.4 Å². The zero-order chi connectivity index (χ0) is 15.4. The van der Waals surface area contributed by atoms with Crippen LogP contribution in [0.5, 0.6) is 0 Å². The number of thioether (sulfide) groups is 1. The van der Waals surface area contributed by atoms with Crippen LogP contribution in [0.15, 0.2) is 35.7 Å². The number of carbonyl (C=O) groups excluding carboxylic acids is 1. The second-order valence-corrected chi connectivity index (χ2v) is 6.33. The summed E-state index contributed by atoms with van der Waals surface area (Å²) >= 11 is 7.40. The average Bonchev–Trinajstić information content (AvgIpc) is 3.06. The van der Waals surface area contributed by atoms with E-state index < -0.39 is 0 Å². The quantitative estimate of drug-likeness (QED) is 0.863. The van der Waals surface area contributed by atoms with Crippen LogP contribution in [0.4, 0.5) is 5.69 Å². The third kappa shape index (κ3) is 3.72. The number of piperazine rings is 1. The van der Waals surface area contributed by atoms with Crippen molar-refractivity contribution in [2.75, 3.05) is 36.8 Å². The molecule has 0 saturated carbocycles. The number of benzene rings is 1. The van der Waals surface area contributed by atoms with Crippen LogP contribution >= 0.6 is 23.4 Å². The summed E-state index contributed by atoms with van der Waals surface area (Å²) in [7, 11) is 0. The number of rotatable bonds is 4. The third-order valence-electron chi connectivity index (χ3n) is 3.53. The molecule has 8 heteroatoms. The largest absolute Gasteiger partial charge is 0.368 e. The maximum Gasteiger partial charge on any atom is 0.233 e. The molecule has 1 amide bonds. The molecule has 1 aliphatic rings. The fraction of sp³-hybridized carbons (Fsp3) is 0.357. The average molecular weight is 338 g/mol. The summed E-state index contributed by atoms with van der Waals surface area (Å²) in [6, 6.07) is 7.82. The Hall–Kier alpha value is -1.73. The number of aromatic amines is 1. The lowest BCUT2D eigenvalue weighted by atomic mass is 10.2. The molecular formula is C14H16ClN5OS. The van der Waals surface area contributed by atoms with E-state index in [1.165, 1.54) is 18.1 Å². The highest BCUT2D eigenvalue weighted by Gasteiger charge is 2.21. The number of hydrogen-bond donors (Lipinski definition) is 1. The van der Waals surface area contributed by atoms with E-state index >= 15 is 0 Å². The van der Waals surface area contributed by atoms with Crippen LogP contribution in [-0.2, 0) is 4.79 Å². The Bertz CT molecular complexity index is 628. The first-order chi connectivity index (χ1) is 10.7. The Labute approximate surface area is 137 Å². The Balaban J connectivity index is 1.49. The van der Waals surface area contributed by atoms with Crippen LogP contribution < -0.4 is 4.90 Å². The summed E-state index contributed by atoms with van der Waals surface area (Å²) in [5.41, 5.74) is 1.11. The molecule has 0 radical (unpaired) electrons. The summed E-state index contributed by atoms with van der Waals surface area (Å²) in [5, 5.41) is 7.91. The lowest BCUT2D eigenvalue weighted by Gasteiger charge is -2.36. The molecule has 116 valence electrons. The van der Waals surface area contributed by atoms with Crippen LogP contribution in [0, 0.1) is 0 Å². The zero-order valence-corrected chi connectivity index (χ0v) is 13.5. The minimum atomic E-state index is 0.132. The van der Waals surface area contributed by atoms with Gasteiger partial charge in [0.2, 0.25) is 5.91 Å². The van der Waals surface area contributed by atoms with Gasteiger partial charge in [0.1, 0.15) is 6.33 Å². The van der Waals surface area contributed by atoms with Gasteiger partial charge in [0.25, 0.3) is 0 Å². The van der Waals surface area contributed by atoms with E-state index in [1.807, 2.05) is 29.2 Å². The molecule has 22 heavy (non-hydrogen) atoms. The van der Waals surface area contributed by atoms with Crippen molar-refractivity contribution < 1.29 is 4.79 Å². The Morgan fingerprint density at radius 3 is 2.82 bits per heavy atom. The van der Waals surface area contributed by atoms with E-state index in [0.29, 0.717) is 10.9 Å². The number of amides is 1. The molecule has 0 spiro atoms. The standard InChI is InChI=1S/C14H16ClN5OS/c15-11-2-1-3-12(8-11)19-4-6-20(7-5-19)13(21)9-22-14-16-10-17-18-14/h1-3,8,10H,4-7,9H2,(H,16,17,18). The molecule has 3 rings (SSSR count). The second-order valence-electron chi connectivity index (χ2n) is 4.93. The summed E-state index contributed by atoms with van der Waals surface area (Å²) in [6.45, 7) is 3.09. The predicted molar refractivity (Wildman–Crippen MR) is 87.4 cm³/mol. The lowest BCUT2D eigenvalue weighted by molar-refractivity contribution is -0.128. The van der Waals surface area contributed by atoms with E-state index in [2.05, 4.69) is 20.1 Å². The number of hydrogen-bond acceptors (Lipinski definition) is 5. The minimum absolute atomic E-state index is 0.132. The predicted octanol–water partition coefficient (Wildman–Crippen LogP) is 1.90. The zero-order valence-electron chi connectivity index (χ0n) is 11.9. The maximum absolute atomic E-state index is 12.2. The van der Waals surface area contributed by atoms with Crippen LogP contribution in [0.25, 0.3) is 0 Å². The number of nitrogens with zero attached hydrogens (tertiary/aromatic N) is 4. The Morgan fingerprint density at radius 1 is 1.32 bits per heavy atom. The van der Waals surface area contributed by atoms with E-state index in [4.69, 9.17) is 11.6 Å². The fourth-order valence-electron chi connectivity index (χ4n) is 2.37. The first-order valence-corrected chi connectivity index (χ1v) is 8.35. The number of nitrogens with one attached hydrogen (secondary N) is 1. The summed E-state index contributed by atoms with van der Waals surface area (Å²) in [4.78, 5) is 20.3. The normalized spacial score (nSPS) is 15.1. The number of carbonyl (C=O) groups is 1. The number of aromatic nitrogens is 3. The first-order valence-electron chi connectivity index (χ1n) is 6.99. The van der Waals surface area contributed by atoms with Crippen molar-refractivity contribution in [2.45, 2.75) is 5.16 Å². The van der Waals surface area contributed by atoms with Gasteiger partial charge in [0.15, 0.2) is 5.16 Å². The maximum atomic E-state index is 12.2. The van der Waals surface area contributed by atoms with E-state index in [0.717, 1.165) is 36.9 Å². The van der Waals surface area contributed by atoms with Crippen molar-refractivity contribution in [3.05, 3.63) is 35.6 Å². The Kier molecular flexibility index (Phi) is 4.84. The van der Waals surface area contributed by atoms with Gasteiger partial charge in [-0.2, -0.15) is 5.10 Å². The van der Waals surface area contributed by atoms with Gasteiger partial charge in [0.05, 0.1) is 5.75 Å². The summed E-state index contributed by atoms with van der Waals surface area (Å²) < 4.78 is 0. The van der Waals surface area contributed by atoms with E-state index in [9.17, 15) is 4.79 Å². The van der Waals surface area contributed by atoms with Gasteiger partial charge in [-0.05, 0) is 18.2 Å². The summed E-state index contributed by atoms with van der Waals surface area (Å²) in [6.07, 6.45) is 1.44. The Morgan fingerprint density at radius 2 is 2.14 bits per heavy atom. The molecule has 2 aromatic rings. The molecule has 0 unspecified atom stereocenters. The molecule has 0 aliphatic carbocycles. The molecule has 6 nitrogen and oxygen atoms in total. The monoisotopic (exact) mass is 337 g/mol. The van der Waals surface area contributed by atoms with Crippen molar-refractivity contribution >= 4 is 35.0 Å². The highest BCUT2D eigenvalue weighted by Crippen LogP contribution is 2.21. The number of anilines is 1. The molecular weight excluding hydrogens is 322 g/mol. The van der Waals surface area contributed by atoms with Crippen molar-refractivity contribution in [2.24, 2.45) is 0 Å². The second kappa shape index (κ2) is 7.02. The van der Waals surface area contributed by atoms with Crippen LogP contribution in [-0.4, -0.2) is 57.9 Å². The molecule has 1 aromatic heterocycles. The highest BCUT2D eigenvalue weighted by atomic mass is 35.5. The number of halogens is 1. The minimum Gasteiger partial charge on any atom is -0.368 e. The van der Waals surface area contributed by atoms with E-state index in [-0.39, 0.29) is 5.91 Å². The van der Waals surface area contributed by atoms with Crippen molar-refractivity contribution in [1.82, 2.24) is 20.1 Å². The van der Waals surface area contributed by atoms with Crippen molar-refractivity contribution in [3.8, 4) is 0 Å². The van der Waals surface area contributed by atoms with Gasteiger partial charge in [0, 0.05) is 36.9 Å². The SMILES string of the molecule is O=C(CSc1ncn[nH]1)N1CCN(c2cccc(Cl)c2)CC1. The molecule has 0 bridgehead atoms. The van der Waals surface area contributed by atoms with Gasteiger partial charge in [-0.25, -0.2) is 4.98 Å². The molecule has 1 aromatic carbocycles. The smallest absolute Gasteiger partial charge is 0.233 e. The molecule has 2 heterocycles. The van der Waals surface area contributed by atoms with Gasteiger partial charge >= 0.3 is 0 Å². The number of H-pyrrole nitrogens is 1. The van der Waals surface area contributed by atoms with Gasteiger partial charge in [-0.15, -0.1) is 0 Å². The van der Waals surface area contributed by atoms with Crippen LogP contribution in [0.3, 0.4) is 0 Å². The lowest BCUT2D eigenvalue weighted by Crippen LogP contribution is -2.49. The molecule has 1 saturated heterocycles. The van der Waals surface area contributed by atoms with Crippen LogP contribution in [0.2, 0.25) is 5.02 Å². The molecule has 1 aliphatic heterocycles. The van der Waals surface area contributed by atoms with Gasteiger partial charge < -0.3 is 9.80 Å². The van der Waals surface area contributed by atoms with E-state index in [1.54, 1.807) is 0 Å². The van der Waals surface area contributed by atoms with Crippen molar-refractivity contribution in [1.29, 1.82) is 0 Å². The van der Waals surface area contributed by atoms with Crippen LogP contribution in [0.1, 0.15) is 0 Å². The van der Waals surface area contributed by atoms with Crippen molar-refractivity contribution in [3.63, 3.8) is 0 Å².